The van der Waals surface area contributed by atoms with Gasteiger partial charge in [-0.25, -0.2) is 17.2 Å². The maximum Gasteiger partial charge on any atom is 0.238 e. The third-order valence-corrected chi connectivity index (χ3v) is 9.24. The molecule has 0 aromatic heterocycles. The molecule has 0 unspecified atom stereocenters. The summed E-state index contributed by atoms with van der Waals surface area (Å²) in [7, 11) is -3.71. The van der Waals surface area contributed by atoms with Gasteiger partial charge in [-0.3, -0.25) is 4.79 Å². The summed E-state index contributed by atoms with van der Waals surface area (Å²) < 4.78 is 51.1. The first-order valence-corrected chi connectivity index (χ1v) is 15.1. The van der Waals surface area contributed by atoms with Gasteiger partial charge in [-0.15, -0.1) is 0 Å². The number of phenols is 1. The highest BCUT2D eigenvalue weighted by Crippen LogP contribution is 2.31. The number of halogens is 2. The summed E-state index contributed by atoms with van der Waals surface area (Å²) in [4.78, 5) is 13.5. The lowest BCUT2D eigenvalue weighted by Crippen LogP contribution is -2.26. The number of carbonyl (C=O) groups is 1. The van der Waals surface area contributed by atoms with Crippen molar-refractivity contribution in [2.45, 2.75) is 103 Å². The Hall–Kier alpha value is -2.28. The standard InChI is InChI=1S/C30H42F2O4S/c1-22-20-26(23(2)24(3)29(22)34)21-27(33)30(25-16-12-11-13-17-25)37(35,36)19-15-10-8-6-4-5-7-9-14-18-28(31)32/h11-13,16-17,20,28,30,34H,4-10,14-15,18-19,21H2,1-3H3/t30-/m0/s1. The van der Waals surface area contributed by atoms with Crippen LogP contribution in [-0.4, -0.2) is 31.5 Å². The molecule has 0 bridgehead atoms. The van der Waals surface area contributed by atoms with Gasteiger partial charge in [-0.2, -0.15) is 0 Å². The minimum atomic E-state index is -3.71. The van der Waals surface area contributed by atoms with Gasteiger partial charge in [0, 0.05) is 12.8 Å². The molecule has 0 aliphatic rings. The molecule has 2 rings (SSSR count). The molecule has 0 aliphatic carbocycles. The number of hydrogen-bond donors (Lipinski definition) is 1. The van der Waals surface area contributed by atoms with Crippen molar-refractivity contribution in [3.63, 3.8) is 0 Å². The molecule has 2 aromatic carbocycles. The summed E-state index contributed by atoms with van der Waals surface area (Å²) >= 11 is 0. The average Bonchev–Trinajstić information content (AvgIpc) is 2.85. The Morgan fingerprint density at radius 3 is 1.95 bits per heavy atom. The molecule has 0 amide bonds. The highest BCUT2D eigenvalue weighted by Gasteiger charge is 2.33. The van der Waals surface area contributed by atoms with Crippen molar-refractivity contribution in [1.82, 2.24) is 0 Å². The van der Waals surface area contributed by atoms with Crippen LogP contribution in [0.25, 0.3) is 0 Å². The van der Waals surface area contributed by atoms with Gasteiger partial charge in [0.1, 0.15) is 11.0 Å². The summed E-state index contributed by atoms with van der Waals surface area (Å²) in [5.41, 5.74) is 3.40. The molecular formula is C30H42F2O4S. The third kappa shape index (κ3) is 9.84. The lowest BCUT2D eigenvalue weighted by atomic mass is 9.94. The van der Waals surface area contributed by atoms with E-state index in [2.05, 4.69) is 0 Å². The summed E-state index contributed by atoms with van der Waals surface area (Å²) in [6.45, 7) is 5.41. The van der Waals surface area contributed by atoms with E-state index in [-0.39, 0.29) is 30.1 Å². The molecular weight excluding hydrogens is 494 g/mol. The maximum absolute atomic E-state index is 13.5. The molecule has 37 heavy (non-hydrogen) atoms. The van der Waals surface area contributed by atoms with Crippen LogP contribution in [0.4, 0.5) is 8.78 Å². The second kappa shape index (κ2) is 15.2. The number of Topliss-reactive ketones (excluding diaryl/α,β-unsaturated/α-hetero) is 1. The second-order valence-electron chi connectivity index (χ2n) is 10.1. The van der Waals surface area contributed by atoms with Gasteiger partial charge in [0.2, 0.25) is 6.43 Å². The Morgan fingerprint density at radius 1 is 0.838 bits per heavy atom. The molecule has 2 aromatic rings. The van der Waals surface area contributed by atoms with Crippen molar-refractivity contribution in [3.05, 3.63) is 64.2 Å². The normalized spacial score (nSPS) is 12.7. The predicted molar refractivity (Wildman–Crippen MR) is 146 cm³/mol. The van der Waals surface area contributed by atoms with Crippen LogP contribution < -0.4 is 0 Å². The van der Waals surface area contributed by atoms with Gasteiger partial charge < -0.3 is 5.11 Å². The van der Waals surface area contributed by atoms with Crippen LogP contribution in [0.3, 0.4) is 0 Å². The number of aromatic hydroxyl groups is 1. The average molecular weight is 537 g/mol. The van der Waals surface area contributed by atoms with E-state index in [9.17, 15) is 27.1 Å². The van der Waals surface area contributed by atoms with Crippen LogP contribution in [0.5, 0.6) is 5.75 Å². The van der Waals surface area contributed by atoms with Gasteiger partial charge in [0.25, 0.3) is 0 Å². The number of alkyl halides is 2. The van der Waals surface area contributed by atoms with Crippen molar-refractivity contribution in [3.8, 4) is 5.75 Å². The molecule has 0 aliphatic heterocycles. The first-order chi connectivity index (χ1) is 17.5. The van der Waals surface area contributed by atoms with Crippen molar-refractivity contribution in [2.24, 2.45) is 0 Å². The molecule has 0 saturated carbocycles. The lowest BCUT2D eigenvalue weighted by molar-refractivity contribution is -0.118. The Kier molecular flexibility index (Phi) is 12.7. The molecule has 0 radical (unpaired) electrons. The van der Waals surface area contributed by atoms with Crippen molar-refractivity contribution in [1.29, 1.82) is 0 Å². The zero-order chi connectivity index (χ0) is 27.4. The van der Waals surface area contributed by atoms with Crippen LogP contribution in [0.2, 0.25) is 0 Å². The van der Waals surface area contributed by atoms with Crippen LogP contribution in [0.1, 0.15) is 97.3 Å². The number of benzene rings is 2. The summed E-state index contributed by atoms with van der Waals surface area (Å²) in [5.74, 6) is -0.197. The number of rotatable bonds is 17. The highest BCUT2D eigenvalue weighted by atomic mass is 32.2. The van der Waals surface area contributed by atoms with Gasteiger partial charge in [-0.1, -0.05) is 81.3 Å². The topological polar surface area (TPSA) is 71.4 Å². The predicted octanol–water partition coefficient (Wildman–Crippen LogP) is 7.75. The van der Waals surface area contributed by atoms with Crippen LogP contribution in [0.15, 0.2) is 36.4 Å². The fraction of sp³-hybridized carbons (Fsp3) is 0.567. The summed E-state index contributed by atoms with van der Waals surface area (Å²) in [6, 6.07) is 10.5. The molecule has 7 heteroatoms. The van der Waals surface area contributed by atoms with E-state index in [1.165, 1.54) is 0 Å². The van der Waals surface area contributed by atoms with E-state index in [1.54, 1.807) is 50.2 Å². The van der Waals surface area contributed by atoms with E-state index in [1.807, 2.05) is 6.92 Å². The second-order valence-corrected chi connectivity index (χ2v) is 12.3. The number of ketones is 1. The van der Waals surface area contributed by atoms with Crippen molar-refractivity contribution < 1.29 is 27.1 Å². The quantitative estimate of drug-likeness (QED) is 0.210. The van der Waals surface area contributed by atoms with E-state index in [4.69, 9.17) is 0 Å². The van der Waals surface area contributed by atoms with Crippen molar-refractivity contribution in [2.75, 3.05) is 5.75 Å². The van der Waals surface area contributed by atoms with Gasteiger partial charge in [0.05, 0.1) is 5.75 Å². The fourth-order valence-corrected chi connectivity index (χ4v) is 6.69. The summed E-state index contributed by atoms with van der Waals surface area (Å²) in [6.07, 6.45) is 5.36. The van der Waals surface area contributed by atoms with Crippen molar-refractivity contribution >= 4 is 15.6 Å². The number of sulfone groups is 1. The zero-order valence-electron chi connectivity index (χ0n) is 22.4. The number of aryl methyl sites for hydroxylation is 1. The van der Waals surface area contributed by atoms with Crippen LogP contribution in [0, 0.1) is 20.8 Å². The Balaban J connectivity index is 1.94. The highest BCUT2D eigenvalue weighted by molar-refractivity contribution is 7.92. The molecule has 0 saturated heterocycles. The maximum atomic E-state index is 13.5. The first-order valence-electron chi connectivity index (χ1n) is 13.4. The van der Waals surface area contributed by atoms with Gasteiger partial charge in [0.15, 0.2) is 15.6 Å². The molecule has 4 nitrogen and oxygen atoms in total. The number of hydrogen-bond acceptors (Lipinski definition) is 4. The minimum Gasteiger partial charge on any atom is -0.507 e. The number of carbonyl (C=O) groups excluding carboxylic acids is 1. The molecule has 206 valence electrons. The van der Waals surface area contributed by atoms with E-state index in [0.29, 0.717) is 29.5 Å². The van der Waals surface area contributed by atoms with Gasteiger partial charge in [-0.05, 0) is 61.4 Å². The Labute approximate surface area is 221 Å². The van der Waals surface area contributed by atoms with E-state index < -0.39 is 21.5 Å². The molecule has 0 fully saturated rings. The summed E-state index contributed by atoms with van der Waals surface area (Å²) in [5, 5.41) is 8.99. The fourth-order valence-electron chi connectivity index (χ4n) is 4.79. The van der Waals surface area contributed by atoms with Gasteiger partial charge >= 0.3 is 0 Å². The molecule has 0 heterocycles. The minimum absolute atomic E-state index is 0.0100. The Morgan fingerprint density at radius 2 is 1.38 bits per heavy atom. The van der Waals surface area contributed by atoms with Crippen LogP contribution >= 0.6 is 0 Å². The Bertz CT molecular complexity index is 1100. The van der Waals surface area contributed by atoms with Crippen LogP contribution in [-0.2, 0) is 21.1 Å². The smallest absolute Gasteiger partial charge is 0.238 e. The molecule has 0 spiro atoms. The van der Waals surface area contributed by atoms with E-state index in [0.717, 1.165) is 56.1 Å². The first kappa shape index (κ1) is 30.9. The molecule has 1 N–H and O–H groups in total. The monoisotopic (exact) mass is 536 g/mol. The third-order valence-electron chi connectivity index (χ3n) is 7.13. The van der Waals surface area contributed by atoms with E-state index >= 15 is 0 Å². The zero-order valence-corrected chi connectivity index (χ0v) is 23.3. The molecule has 1 atom stereocenters. The SMILES string of the molecule is Cc1cc(CC(=O)[C@H](c2ccccc2)S(=O)(=O)CCCCCCCCCCCC(F)F)c(C)c(C)c1O. The lowest BCUT2D eigenvalue weighted by Gasteiger charge is -2.19. The number of phenolic OH excluding ortho intramolecular Hbond substituents is 1. The largest absolute Gasteiger partial charge is 0.507 e. The number of unbranched alkanes of at least 4 members (excludes halogenated alkanes) is 8.